The Labute approximate surface area is 178 Å². The number of nitrogens with zero attached hydrogens (tertiary/aromatic N) is 2. The van der Waals surface area contributed by atoms with Gasteiger partial charge >= 0.3 is 0 Å². The van der Waals surface area contributed by atoms with Gasteiger partial charge in [-0.05, 0) is 41.0 Å². The molecule has 5 nitrogen and oxygen atoms in total. The normalized spacial score (nSPS) is 11.1. The number of aromatic nitrogens is 2. The van der Waals surface area contributed by atoms with Gasteiger partial charge in [-0.2, -0.15) is 9.78 Å². The number of para-hydroxylation sites is 1. The van der Waals surface area contributed by atoms with Crippen molar-refractivity contribution < 1.29 is 17.2 Å². The van der Waals surface area contributed by atoms with Crippen LogP contribution in [0.3, 0.4) is 0 Å². The van der Waals surface area contributed by atoms with Crippen LogP contribution in [0.25, 0.3) is 27.9 Å². The third kappa shape index (κ3) is 4.29. The molecule has 0 saturated heterocycles. The van der Waals surface area contributed by atoms with Crippen molar-refractivity contribution in [3.8, 4) is 27.9 Å². The molecule has 8 heteroatoms. The van der Waals surface area contributed by atoms with Crippen LogP contribution in [0.1, 0.15) is 5.56 Å². The first-order valence-corrected chi connectivity index (χ1v) is 10.6. The minimum absolute atomic E-state index is 0.00277. The molecule has 4 aromatic rings. The molecule has 0 amide bonds. The van der Waals surface area contributed by atoms with E-state index in [1.807, 2.05) is 0 Å². The Morgan fingerprint density at radius 1 is 0.839 bits per heavy atom. The van der Waals surface area contributed by atoms with Crippen molar-refractivity contribution in [3.63, 3.8) is 0 Å². The molecule has 3 aromatic carbocycles. The van der Waals surface area contributed by atoms with Gasteiger partial charge in [-0.25, -0.2) is 17.2 Å². The van der Waals surface area contributed by atoms with E-state index in [9.17, 15) is 22.0 Å². The molecular formula is C23H16F2N2O3S. The SMILES string of the molecule is O=c1c(-c2ccc(F)cc2)c(-c2ccc(C[SH](=O)=O)cc2)cnn1-c1ccccc1F. The molecule has 0 unspecified atom stereocenters. The van der Waals surface area contributed by atoms with E-state index in [-0.39, 0.29) is 17.0 Å². The van der Waals surface area contributed by atoms with Crippen LogP contribution in [0.2, 0.25) is 0 Å². The zero-order valence-electron chi connectivity index (χ0n) is 16.0. The zero-order valence-corrected chi connectivity index (χ0v) is 16.9. The van der Waals surface area contributed by atoms with Crippen molar-refractivity contribution in [2.45, 2.75) is 5.75 Å². The number of hydrogen-bond acceptors (Lipinski definition) is 4. The summed E-state index contributed by atoms with van der Waals surface area (Å²) in [5, 5.41) is 4.15. The Morgan fingerprint density at radius 2 is 1.48 bits per heavy atom. The molecule has 0 atom stereocenters. The lowest BCUT2D eigenvalue weighted by atomic mass is 9.96. The summed E-state index contributed by atoms with van der Waals surface area (Å²) in [5.74, 6) is -1.15. The van der Waals surface area contributed by atoms with Crippen LogP contribution in [-0.4, -0.2) is 18.2 Å². The summed E-state index contributed by atoms with van der Waals surface area (Å²) in [6, 6.07) is 17.9. The summed E-state index contributed by atoms with van der Waals surface area (Å²) in [5.41, 5.74) is 1.78. The largest absolute Gasteiger partial charge is 0.280 e. The third-order valence-electron chi connectivity index (χ3n) is 4.77. The number of halogens is 2. The maximum absolute atomic E-state index is 14.3. The first-order valence-electron chi connectivity index (χ1n) is 9.28. The van der Waals surface area contributed by atoms with Gasteiger partial charge in [0, 0.05) is 5.56 Å². The first-order chi connectivity index (χ1) is 14.9. The van der Waals surface area contributed by atoms with E-state index in [2.05, 4.69) is 5.10 Å². The number of rotatable bonds is 5. The summed E-state index contributed by atoms with van der Waals surface area (Å²) in [6.45, 7) is 0. The van der Waals surface area contributed by atoms with Crippen molar-refractivity contribution in [2.75, 3.05) is 0 Å². The summed E-state index contributed by atoms with van der Waals surface area (Å²) >= 11 is 0. The summed E-state index contributed by atoms with van der Waals surface area (Å²) in [4.78, 5) is 13.4. The lowest BCUT2D eigenvalue weighted by molar-refractivity contribution is 0.605. The molecule has 0 fully saturated rings. The fraction of sp³-hybridized carbons (Fsp3) is 0.0435. The summed E-state index contributed by atoms with van der Waals surface area (Å²) < 4.78 is 50.7. The Bertz CT molecular complexity index is 1370. The summed E-state index contributed by atoms with van der Waals surface area (Å²) in [6.07, 6.45) is 1.44. The minimum Gasteiger partial charge on any atom is -0.267 e. The molecular weight excluding hydrogens is 422 g/mol. The predicted octanol–water partition coefficient (Wildman–Crippen LogP) is 3.96. The van der Waals surface area contributed by atoms with Crippen LogP contribution < -0.4 is 5.56 Å². The third-order valence-corrected chi connectivity index (χ3v) is 5.39. The Morgan fingerprint density at radius 3 is 2.13 bits per heavy atom. The second kappa shape index (κ2) is 8.61. The van der Waals surface area contributed by atoms with Gasteiger partial charge in [0.25, 0.3) is 5.56 Å². The van der Waals surface area contributed by atoms with Gasteiger partial charge in [0.05, 0.1) is 17.5 Å². The molecule has 0 spiro atoms. The van der Waals surface area contributed by atoms with E-state index in [4.69, 9.17) is 0 Å². The van der Waals surface area contributed by atoms with Gasteiger partial charge in [-0.3, -0.25) is 4.79 Å². The van der Waals surface area contributed by atoms with Gasteiger partial charge in [0.1, 0.15) is 28.0 Å². The molecule has 4 rings (SSSR count). The molecule has 0 aliphatic rings. The van der Waals surface area contributed by atoms with Crippen LogP contribution in [0.15, 0.2) is 83.8 Å². The van der Waals surface area contributed by atoms with Crippen molar-refractivity contribution in [1.29, 1.82) is 0 Å². The summed E-state index contributed by atoms with van der Waals surface area (Å²) in [7, 11) is -2.56. The Balaban J connectivity index is 1.93. The second-order valence-corrected chi connectivity index (χ2v) is 7.78. The van der Waals surface area contributed by atoms with Gasteiger partial charge in [-0.1, -0.05) is 48.5 Å². The van der Waals surface area contributed by atoms with Crippen LogP contribution >= 0.6 is 0 Å². The molecule has 0 saturated carbocycles. The number of thiol groups is 1. The standard InChI is InChI=1S/C23H16F2N2O3S/c24-18-11-9-17(10-12-18)22-19(16-7-5-15(6-8-16)14-31(29)30)13-26-27(23(22)28)21-4-2-1-3-20(21)25/h1-13,31H,14H2. The lowest BCUT2D eigenvalue weighted by Gasteiger charge is -2.13. The highest BCUT2D eigenvalue weighted by atomic mass is 32.2. The van der Waals surface area contributed by atoms with Gasteiger partial charge in [0.15, 0.2) is 0 Å². The van der Waals surface area contributed by atoms with Crippen LogP contribution in [0, 0.1) is 11.6 Å². The highest BCUT2D eigenvalue weighted by molar-refractivity contribution is 7.71. The molecule has 0 aliphatic carbocycles. The average Bonchev–Trinajstić information content (AvgIpc) is 2.75. The number of hydrogen-bond donors (Lipinski definition) is 1. The Hall–Kier alpha value is -3.65. The van der Waals surface area contributed by atoms with E-state index in [0.29, 0.717) is 22.3 Å². The van der Waals surface area contributed by atoms with E-state index < -0.39 is 27.9 Å². The van der Waals surface area contributed by atoms with E-state index in [0.717, 1.165) is 4.68 Å². The van der Waals surface area contributed by atoms with Crippen LogP contribution in [0.4, 0.5) is 8.78 Å². The average molecular weight is 438 g/mol. The molecule has 0 aliphatic heterocycles. The maximum atomic E-state index is 14.3. The Kier molecular flexibility index (Phi) is 5.73. The topological polar surface area (TPSA) is 69.0 Å². The quantitative estimate of drug-likeness (QED) is 0.479. The molecule has 31 heavy (non-hydrogen) atoms. The van der Waals surface area contributed by atoms with E-state index in [1.54, 1.807) is 30.3 Å². The van der Waals surface area contributed by atoms with Crippen molar-refractivity contribution >= 4 is 10.7 Å². The van der Waals surface area contributed by atoms with Crippen molar-refractivity contribution in [2.24, 2.45) is 0 Å². The second-order valence-electron chi connectivity index (χ2n) is 6.80. The predicted molar refractivity (Wildman–Crippen MR) is 115 cm³/mol. The monoisotopic (exact) mass is 438 g/mol. The molecule has 0 bridgehead atoms. The van der Waals surface area contributed by atoms with Crippen LogP contribution in [0.5, 0.6) is 0 Å². The van der Waals surface area contributed by atoms with E-state index in [1.165, 1.54) is 48.7 Å². The molecule has 1 heterocycles. The van der Waals surface area contributed by atoms with E-state index >= 15 is 0 Å². The van der Waals surface area contributed by atoms with Crippen LogP contribution in [-0.2, 0) is 16.5 Å². The molecule has 1 aromatic heterocycles. The smallest absolute Gasteiger partial charge is 0.267 e. The first kappa shape index (κ1) is 20.6. The van der Waals surface area contributed by atoms with Gasteiger partial charge in [-0.15, -0.1) is 0 Å². The van der Waals surface area contributed by atoms with Crippen molar-refractivity contribution in [1.82, 2.24) is 9.78 Å². The molecule has 0 radical (unpaired) electrons. The lowest BCUT2D eigenvalue weighted by Crippen LogP contribution is -2.24. The fourth-order valence-corrected chi connectivity index (χ4v) is 3.81. The minimum atomic E-state index is -2.56. The highest BCUT2D eigenvalue weighted by Gasteiger charge is 2.17. The highest BCUT2D eigenvalue weighted by Crippen LogP contribution is 2.30. The molecule has 156 valence electrons. The fourth-order valence-electron chi connectivity index (χ4n) is 3.30. The van der Waals surface area contributed by atoms with Crippen molar-refractivity contribution in [3.05, 3.63) is 107 Å². The van der Waals surface area contributed by atoms with Gasteiger partial charge < -0.3 is 0 Å². The maximum Gasteiger partial charge on any atom is 0.280 e. The zero-order chi connectivity index (χ0) is 22.0. The molecule has 0 N–H and O–H groups in total. The van der Waals surface area contributed by atoms with Gasteiger partial charge in [0.2, 0.25) is 0 Å². The number of benzene rings is 3.